The van der Waals surface area contributed by atoms with Gasteiger partial charge < -0.3 is 0 Å². The van der Waals surface area contributed by atoms with Crippen molar-refractivity contribution in [3.8, 4) is 0 Å². The topological polar surface area (TPSA) is 62.1 Å². The monoisotopic (exact) mass is 373 g/mol. The van der Waals surface area contributed by atoms with Crippen molar-refractivity contribution in [3.63, 3.8) is 0 Å². The third-order valence-electron chi connectivity index (χ3n) is 4.77. The van der Waals surface area contributed by atoms with Crippen LogP contribution in [-0.2, 0) is 9.59 Å². The molecule has 0 saturated carbocycles. The van der Waals surface area contributed by atoms with E-state index in [0.29, 0.717) is 15.7 Å². The first-order valence-electron chi connectivity index (χ1n) is 7.72. The van der Waals surface area contributed by atoms with E-state index in [0.717, 1.165) is 10.5 Å². The molecular formula is C18H13Cl2N3O2. The molecule has 2 amide bonds. The predicted molar refractivity (Wildman–Crippen MR) is 94.9 cm³/mol. The summed E-state index contributed by atoms with van der Waals surface area (Å²) in [7, 11) is 0. The van der Waals surface area contributed by atoms with E-state index in [9.17, 15) is 9.59 Å². The third kappa shape index (κ3) is 2.30. The van der Waals surface area contributed by atoms with Crippen molar-refractivity contribution < 1.29 is 9.59 Å². The van der Waals surface area contributed by atoms with E-state index in [1.165, 1.54) is 0 Å². The van der Waals surface area contributed by atoms with Gasteiger partial charge in [-0.25, -0.2) is 4.90 Å². The van der Waals surface area contributed by atoms with Gasteiger partial charge >= 0.3 is 0 Å². The summed E-state index contributed by atoms with van der Waals surface area (Å²) in [6.45, 7) is 1.74. The molecule has 3 unspecified atom stereocenters. The number of carbonyl (C=O) groups excluding carboxylic acids is 2. The fourth-order valence-electron chi connectivity index (χ4n) is 3.49. The average Bonchev–Trinajstić information content (AvgIpc) is 3.01. The summed E-state index contributed by atoms with van der Waals surface area (Å²) in [6.07, 6.45) is 0. The van der Waals surface area contributed by atoms with Gasteiger partial charge in [-0.05, 0) is 30.7 Å². The molecule has 1 saturated heterocycles. The van der Waals surface area contributed by atoms with Crippen LogP contribution in [0.15, 0.2) is 58.8 Å². The van der Waals surface area contributed by atoms with Crippen LogP contribution in [0.5, 0.6) is 0 Å². The Bertz CT molecular complexity index is 896. The molecular weight excluding hydrogens is 361 g/mol. The molecule has 3 atom stereocenters. The minimum atomic E-state index is -1.06. The number of hydrogen-bond donors (Lipinski definition) is 0. The fourth-order valence-corrected chi connectivity index (χ4v) is 4.00. The first kappa shape index (κ1) is 16.2. The molecule has 2 aliphatic rings. The Morgan fingerprint density at radius 3 is 2.20 bits per heavy atom. The number of imide groups is 1. The molecule has 2 aromatic rings. The number of carbonyl (C=O) groups is 2. The van der Waals surface area contributed by atoms with E-state index in [1.54, 1.807) is 25.1 Å². The zero-order chi connectivity index (χ0) is 17.8. The van der Waals surface area contributed by atoms with Gasteiger partial charge in [0, 0.05) is 10.0 Å². The van der Waals surface area contributed by atoms with Crippen LogP contribution in [0, 0.1) is 5.41 Å². The molecule has 0 radical (unpaired) electrons. The van der Waals surface area contributed by atoms with Crippen molar-refractivity contribution in [2.75, 3.05) is 4.90 Å². The van der Waals surface area contributed by atoms with Crippen molar-refractivity contribution >= 4 is 40.7 Å². The molecule has 0 aromatic heterocycles. The van der Waals surface area contributed by atoms with Crippen LogP contribution in [0.25, 0.3) is 0 Å². The fraction of sp³-hybridized carbons (Fsp3) is 0.222. The summed E-state index contributed by atoms with van der Waals surface area (Å²) >= 11 is 12.1. The third-order valence-corrected chi connectivity index (χ3v) is 5.21. The van der Waals surface area contributed by atoms with Crippen molar-refractivity contribution in [2.24, 2.45) is 15.6 Å². The molecule has 126 valence electrons. The lowest BCUT2D eigenvalue weighted by molar-refractivity contribution is -0.125. The van der Waals surface area contributed by atoms with Crippen LogP contribution in [-0.4, -0.2) is 17.9 Å². The van der Waals surface area contributed by atoms with Gasteiger partial charge in [-0.15, -0.1) is 0 Å². The summed E-state index contributed by atoms with van der Waals surface area (Å²) in [5.74, 6) is -0.757. The maximum atomic E-state index is 13.2. The van der Waals surface area contributed by atoms with Crippen molar-refractivity contribution in [1.29, 1.82) is 0 Å². The molecule has 2 aromatic carbocycles. The standard InChI is InChI=1S/C18H13Cl2N3O2/c1-18-14(10-5-3-2-4-6-10)21-22-15(18)16(24)23(17(18)25)13-8-11(19)7-12(20)9-13/h2-9,14-15H,1H3. The van der Waals surface area contributed by atoms with E-state index < -0.39 is 23.4 Å². The lowest BCUT2D eigenvalue weighted by Gasteiger charge is -2.26. The number of nitrogens with zero attached hydrogens (tertiary/aromatic N) is 3. The minimum Gasteiger partial charge on any atom is -0.273 e. The molecule has 2 heterocycles. The zero-order valence-corrected chi connectivity index (χ0v) is 14.7. The molecule has 1 fully saturated rings. The van der Waals surface area contributed by atoms with Crippen LogP contribution < -0.4 is 4.90 Å². The molecule has 25 heavy (non-hydrogen) atoms. The van der Waals surface area contributed by atoms with Gasteiger partial charge in [-0.1, -0.05) is 53.5 Å². The largest absolute Gasteiger partial charge is 0.273 e. The van der Waals surface area contributed by atoms with Crippen LogP contribution in [0.1, 0.15) is 18.5 Å². The Morgan fingerprint density at radius 2 is 1.56 bits per heavy atom. The number of hydrogen-bond acceptors (Lipinski definition) is 4. The van der Waals surface area contributed by atoms with Crippen molar-refractivity contribution in [2.45, 2.75) is 19.0 Å². The number of benzene rings is 2. The van der Waals surface area contributed by atoms with Crippen LogP contribution in [0.4, 0.5) is 5.69 Å². The van der Waals surface area contributed by atoms with Gasteiger partial charge in [0.2, 0.25) is 5.91 Å². The first-order chi connectivity index (χ1) is 11.9. The first-order valence-corrected chi connectivity index (χ1v) is 8.48. The smallest absolute Gasteiger partial charge is 0.261 e. The van der Waals surface area contributed by atoms with Crippen LogP contribution in [0.3, 0.4) is 0 Å². The minimum absolute atomic E-state index is 0.348. The van der Waals surface area contributed by atoms with E-state index in [-0.39, 0.29) is 5.91 Å². The molecule has 0 aliphatic carbocycles. The Kier molecular flexibility index (Phi) is 3.67. The number of amides is 2. The number of halogens is 2. The van der Waals surface area contributed by atoms with Gasteiger partial charge in [-0.3, -0.25) is 9.59 Å². The highest BCUT2D eigenvalue weighted by Gasteiger charge is 2.64. The van der Waals surface area contributed by atoms with E-state index >= 15 is 0 Å². The van der Waals surface area contributed by atoms with Crippen LogP contribution in [0.2, 0.25) is 10.0 Å². The maximum absolute atomic E-state index is 13.2. The Hall–Kier alpha value is -2.24. The lowest BCUT2D eigenvalue weighted by atomic mass is 9.76. The maximum Gasteiger partial charge on any atom is 0.261 e. The Morgan fingerprint density at radius 1 is 0.960 bits per heavy atom. The summed E-state index contributed by atoms with van der Waals surface area (Å²) < 4.78 is 0. The number of azo groups is 1. The Balaban J connectivity index is 1.80. The molecule has 0 spiro atoms. The second kappa shape index (κ2) is 5.64. The highest BCUT2D eigenvalue weighted by molar-refractivity contribution is 6.36. The quantitative estimate of drug-likeness (QED) is 0.730. The summed E-state index contributed by atoms with van der Waals surface area (Å²) in [5, 5.41) is 9.06. The van der Waals surface area contributed by atoms with Gasteiger partial charge in [-0.2, -0.15) is 10.2 Å². The van der Waals surface area contributed by atoms with E-state index in [2.05, 4.69) is 10.2 Å². The summed E-state index contributed by atoms with van der Waals surface area (Å²) in [5.41, 5.74) is 0.140. The SMILES string of the molecule is CC12C(=O)N(c3cc(Cl)cc(Cl)c3)C(=O)C1N=NC2c1ccccc1. The lowest BCUT2D eigenvalue weighted by Crippen LogP contribution is -2.37. The Labute approximate surface area is 154 Å². The number of anilines is 1. The molecule has 4 rings (SSSR count). The van der Waals surface area contributed by atoms with Gasteiger partial charge in [0.1, 0.15) is 11.5 Å². The van der Waals surface area contributed by atoms with Gasteiger partial charge in [0.25, 0.3) is 5.91 Å². The van der Waals surface area contributed by atoms with E-state index in [1.807, 2.05) is 30.3 Å². The molecule has 5 nitrogen and oxygen atoms in total. The summed E-state index contributed by atoms with van der Waals surface area (Å²) in [6, 6.07) is 12.7. The van der Waals surface area contributed by atoms with E-state index in [4.69, 9.17) is 23.2 Å². The van der Waals surface area contributed by atoms with Gasteiger partial charge in [0.15, 0.2) is 6.04 Å². The predicted octanol–water partition coefficient (Wildman–Crippen LogP) is 4.45. The average molecular weight is 374 g/mol. The molecule has 0 N–H and O–H groups in total. The van der Waals surface area contributed by atoms with Crippen molar-refractivity contribution in [1.82, 2.24) is 0 Å². The number of fused-ring (bicyclic) bond motifs is 1. The molecule has 2 aliphatic heterocycles. The molecule has 0 bridgehead atoms. The zero-order valence-electron chi connectivity index (χ0n) is 13.2. The molecule has 7 heteroatoms. The summed E-state index contributed by atoms with van der Waals surface area (Å²) in [4.78, 5) is 27.2. The van der Waals surface area contributed by atoms with Crippen LogP contribution >= 0.6 is 23.2 Å². The number of rotatable bonds is 2. The van der Waals surface area contributed by atoms with Crippen molar-refractivity contribution in [3.05, 3.63) is 64.1 Å². The highest BCUT2D eigenvalue weighted by Crippen LogP contribution is 2.52. The van der Waals surface area contributed by atoms with Gasteiger partial charge in [0.05, 0.1) is 5.69 Å². The normalized spacial score (nSPS) is 27.9. The second-order valence-electron chi connectivity index (χ2n) is 6.34. The highest BCUT2D eigenvalue weighted by atomic mass is 35.5. The second-order valence-corrected chi connectivity index (χ2v) is 7.21.